The number of nitrogens with zero attached hydrogens (tertiary/aromatic N) is 1. The molecule has 0 spiro atoms. The first-order valence-electron chi connectivity index (χ1n) is 7.78. The van der Waals surface area contributed by atoms with Crippen molar-refractivity contribution in [2.75, 3.05) is 6.61 Å². The minimum absolute atomic E-state index is 0.0522. The molecule has 0 N–H and O–H groups in total. The number of carbonyl (C=O) groups is 1. The van der Waals surface area contributed by atoms with Gasteiger partial charge in [-0.15, -0.1) is 0 Å². The first kappa shape index (κ1) is 17.5. The molecule has 0 saturated carbocycles. The van der Waals surface area contributed by atoms with Crippen molar-refractivity contribution in [3.8, 4) is 17.6 Å². The number of hydrogen-bond acceptors (Lipinski definition) is 4. The Hall–Kier alpha value is -2.87. The van der Waals surface area contributed by atoms with Crippen LogP contribution in [0, 0.1) is 17.1 Å². The maximum atomic E-state index is 13.5. The van der Waals surface area contributed by atoms with Crippen LogP contribution in [0.1, 0.15) is 42.1 Å². The van der Waals surface area contributed by atoms with E-state index in [2.05, 4.69) is 6.92 Å². The zero-order valence-corrected chi connectivity index (χ0v) is 13.4. The van der Waals surface area contributed by atoms with E-state index >= 15 is 0 Å². The van der Waals surface area contributed by atoms with E-state index in [1.54, 1.807) is 30.3 Å². The number of unbranched alkanes of at least 4 members (excludes halogenated alkanes) is 2. The fraction of sp³-hybridized carbons (Fsp3) is 0.263. The van der Waals surface area contributed by atoms with Crippen LogP contribution < -0.4 is 9.47 Å². The highest BCUT2D eigenvalue weighted by Gasteiger charge is 2.11. The minimum Gasteiger partial charge on any atom is -0.494 e. The van der Waals surface area contributed by atoms with E-state index in [4.69, 9.17) is 14.7 Å². The number of carbonyl (C=O) groups excluding carboxylic acids is 1. The molecule has 5 heteroatoms. The third-order valence-electron chi connectivity index (χ3n) is 3.38. The molecule has 2 aromatic carbocycles. The first-order valence-corrected chi connectivity index (χ1v) is 7.78. The standard InChI is InChI=1S/C19H18FNO3/c1-2-3-4-11-23-16-8-5-14(6-9-16)19(22)24-17-10-7-15(13-21)18(20)12-17/h5-10,12H,2-4,11H2,1H3. The summed E-state index contributed by atoms with van der Waals surface area (Å²) in [6.45, 7) is 2.77. The number of hydrogen-bond donors (Lipinski definition) is 0. The number of benzene rings is 2. The van der Waals surface area contributed by atoms with Crippen LogP contribution >= 0.6 is 0 Å². The number of ether oxygens (including phenoxy) is 2. The number of nitriles is 1. The Bertz CT molecular complexity index is 735. The summed E-state index contributed by atoms with van der Waals surface area (Å²) in [6, 6.07) is 12.0. The van der Waals surface area contributed by atoms with Crippen LogP contribution in [0.25, 0.3) is 0 Å². The number of esters is 1. The van der Waals surface area contributed by atoms with Crippen LogP contribution in [-0.2, 0) is 0 Å². The predicted molar refractivity (Wildman–Crippen MR) is 87.5 cm³/mol. The topological polar surface area (TPSA) is 59.3 Å². The Balaban J connectivity index is 1.95. The minimum atomic E-state index is -0.723. The van der Waals surface area contributed by atoms with Gasteiger partial charge < -0.3 is 9.47 Å². The lowest BCUT2D eigenvalue weighted by Gasteiger charge is -2.07. The molecule has 0 aliphatic carbocycles. The van der Waals surface area contributed by atoms with Crippen LogP contribution in [0.3, 0.4) is 0 Å². The Labute approximate surface area is 140 Å². The van der Waals surface area contributed by atoms with Gasteiger partial charge in [0.05, 0.1) is 17.7 Å². The SMILES string of the molecule is CCCCCOc1ccc(C(=O)Oc2ccc(C#N)c(F)c2)cc1. The lowest BCUT2D eigenvalue weighted by molar-refractivity contribution is 0.0734. The van der Waals surface area contributed by atoms with Crippen molar-refractivity contribution in [3.63, 3.8) is 0 Å². The molecule has 0 heterocycles. The molecule has 4 nitrogen and oxygen atoms in total. The summed E-state index contributed by atoms with van der Waals surface area (Å²) in [6.07, 6.45) is 3.24. The molecular weight excluding hydrogens is 309 g/mol. The molecule has 0 saturated heterocycles. The van der Waals surface area contributed by atoms with Crippen molar-refractivity contribution in [1.29, 1.82) is 5.26 Å². The maximum absolute atomic E-state index is 13.5. The van der Waals surface area contributed by atoms with Crippen molar-refractivity contribution in [2.45, 2.75) is 26.2 Å². The van der Waals surface area contributed by atoms with Crippen LogP contribution in [0.5, 0.6) is 11.5 Å². The third kappa shape index (κ3) is 4.82. The molecule has 124 valence electrons. The Kier molecular flexibility index (Phi) is 6.32. The van der Waals surface area contributed by atoms with Gasteiger partial charge in [-0.1, -0.05) is 19.8 Å². The molecule has 0 amide bonds. The van der Waals surface area contributed by atoms with Gasteiger partial charge in [0.15, 0.2) is 0 Å². The Morgan fingerprint density at radius 1 is 1.12 bits per heavy atom. The van der Waals surface area contributed by atoms with Gasteiger partial charge in [-0.2, -0.15) is 5.26 Å². The van der Waals surface area contributed by atoms with Gasteiger partial charge in [-0.25, -0.2) is 9.18 Å². The normalized spacial score (nSPS) is 10.0. The average molecular weight is 327 g/mol. The maximum Gasteiger partial charge on any atom is 0.343 e. The summed E-state index contributed by atoms with van der Waals surface area (Å²) in [7, 11) is 0. The zero-order chi connectivity index (χ0) is 17.4. The molecule has 0 bridgehead atoms. The summed E-state index contributed by atoms with van der Waals surface area (Å²) in [4.78, 5) is 12.0. The van der Waals surface area contributed by atoms with E-state index in [1.165, 1.54) is 12.1 Å². The van der Waals surface area contributed by atoms with Crippen molar-refractivity contribution in [2.24, 2.45) is 0 Å². The molecule has 24 heavy (non-hydrogen) atoms. The second-order valence-corrected chi connectivity index (χ2v) is 5.22. The summed E-state index contributed by atoms with van der Waals surface area (Å²) < 4.78 is 24.2. The molecular formula is C19H18FNO3. The molecule has 2 aromatic rings. The fourth-order valence-corrected chi connectivity index (χ4v) is 2.05. The van der Waals surface area contributed by atoms with Crippen molar-refractivity contribution in [3.05, 3.63) is 59.4 Å². The molecule has 0 unspecified atom stereocenters. The van der Waals surface area contributed by atoms with E-state index in [0.29, 0.717) is 17.9 Å². The summed E-state index contributed by atoms with van der Waals surface area (Å²) in [5.41, 5.74) is 0.236. The molecule has 0 fully saturated rings. The second kappa shape index (κ2) is 8.68. The summed E-state index contributed by atoms with van der Waals surface area (Å²) in [5.74, 6) is -0.585. The van der Waals surface area contributed by atoms with Crippen LogP contribution in [0.2, 0.25) is 0 Å². The van der Waals surface area contributed by atoms with Gasteiger partial charge in [0, 0.05) is 6.07 Å². The van der Waals surface area contributed by atoms with Gasteiger partial charge in [0.1, 0.15) is 23.4 Å². The van der Waals surface area contributed by atoms with E-state index in [-0.39, 0.29) is 11.3 Å². The lowest BCUT2D eigenvalue weighted by atomic mass is 10.2. The Morgan fingerprint density at radius 3 is 2.46 bits per heavy atom. The monoisotopic (exact) mass is 327 g/mol. The highest BCUT2D eigenvalue weighted by Crippen LogP contribution is 2.19. The zero-order valence-electron chi connectivity index (χ0n) is 13.4. The number of halogens is 1. The van der Waals surface area contributed by atoms with Crippen LogP contribution in [0.15, 0.2) is 42.5 Å². The van der Waals surface area contributed by atoms with Crippen molar-refractivity contribution >= 4 is 5.97 Å². The first-order chi connectivity index (χ1) is 11.6. The molecule has 0 aliphatic rings. The smallest absolute Gasteiger partial charge is 0.343 e. The van der Waals surface area contributed by atoms with Gasteiger partial charge in [-0.3, -0.25) is 0 Å². The van der Waals surface area contributed by atoms with Crippen molar-refractivity contribution < 1.29 is 18.7 Å². The van der Waals surface area contributed by atoms with E-state index in [9.17, 15) is 9.18 Å². The average Bonchev–Trinajstić information content (AvgIpc) is 2.59. The molecule has 0 atom stereocenters. The quantitative estimate of drug-likeness (QED) is 0.427. The summed E-state index contributed by atoms with van der Waals surface area (Å²) >= 11 is 0. The molecule has 0 aromatic heterocycles. The molecule has 2 rings (SSSR count). The number of rotatable bonds is 7. The molecule has 0 aliphatic heterocycles. The third-order valence-corrected chi connectivity index (χ3v) is 3.38. The van der Waals surface area contributed by atoms with Gasteiger partial charge >= 0.3 is 5.97 Å². The highest BCUT2D eigenvalue weighted by molar-refractivity contribution is 5.91. The lowest BCUT2D eigenvalue weighted by Crippen LogP contribution is -2.08. The van der Waals surface area contributed by atoms with Gasteiger partial charge in [0.2, 0.25) is 0 Å². The predicted octanol–water partition coefficient (Wildman–Crippen LogP) is 4.49. The molecule has 0 radical (unpaired) electrons. The van der Waals surface area contributed by atoms with Crippen molar-refractivity contribution in [1.82, 2.24) is 0 Å². The van der Waals surface area contributed by atoms with E-state index in [0.717, 1.165) is 25.3 Å². The Morgan fingerprint density at radius 2 is 1.83 bits per heavy atom. The van der Waals surface area contributed by atoms with Gasteiger partial charge in [-0.05, 0) is 42.8 Å². The van der Waals surface area contributed by atoms with Crippen LogP contribution in [-0.4, -0.2) is 12.6 Å². The largest absolute Gasteiger partial charge is 0.494 e. The second-order valence-electron chi connectivity index (χ2n) is 5.22. The van der Waals surface area contributed by atoms with Crippen LogP contribution in [0.4, 0.5) is 4.39 Å². The fourth-order valence-electron chi connectivity index (χ4n) is 2.05. The highest BCUT2D eigenvalue weighted by atomic mass is 19.1. The van der Waals surface area contributed by atoms with E-state index in [1.807, 2.05) is 0 Å². The summed E-state index contributed by atoms with van der Waals surface area (Å²) in [5, 5.41) is 8.68. The van der Waals surface area contributed by atoms with E-state index < -0.39 is 11.8 Å². The van der Waals surface area contributed by atoms with Gasteiger partial charge in [0.25, 0.3) is 0 Å².